The van der Waals surface area contributed by atoms with E-state index in [0.29, 0.717) is 49.5 Å². The van der Waals surface area contributed by atoms with E-state index in [4.69, 9.17) is 9.47 Å². The number of aryl methyl sites for hydroxylation is 2. The highest BCUT2D eigenvalue weighted by Gasteiger charge is 2.25. The molecule has 1 fully saturated rings. The van der Waals surface area contributed by atoms with Crippen molar-refractivity contribution in [2.45, 2.75) is 33.7 Å². The summed E-state index contributed by atoms with van der Waals surface area (Å²) in [6, 6.07) is 12.2. The van der Waals surface area contributed by atoms with Crippen molar-refractivity contribution in [1.29, 1.82) is 0 Å². The molecule has 0 bridgehead atoms. The van der Waals surface area contributed by atoms with E-state index >= 15 is 4.39 Å². The monoisotopic (exact) mass is 570 g/mol. The molecule has 0 radical (unpaired) electrons. The van der Waals surface area contributed by atoms with Gasteiger partial charge in [0.15, 0.2) is 22.6 Å². The molecular formula is C26H27FN6O4S2. The van der Waals surface area contributed by atoms with Crippen LogP contribution in [-0.4, -0.2) is 62.0 Å². The summed E-state index contributed by atoms with van der Waals surface area (Å²) in [5.41, 5.74) is 1.65. The van der Waals surface area contributed by atoms with Crippen LogP contribution in [0.25, 0.3) is 0 Å². The zero-order valence-corrected chi connectivity index (χ0v) is 23.2. The number of sulfone groups is 1. The van der Waals surface area contributed by atoms with E-state index in [0.717, 1.165) is 29.1 Å². The first-order chi connectivity index (χ1) is 18.7. The number of aromatic nitrogens is 4. The van der Waals surface area contributed by atoms with Crippen LogP contribution in [0.2, 0.25) is 0 Å². The first kappa shape index (κ1) is 26.9. The number of methoxy groups -OCH3 is 1. The van der Waals surface area contributed by atoms with Gasteiger partial charge < -0.3 is 19.7 Å². The second kappa shape index (κ2) is 11.2. The number of nitrogens with one attached hydrogen (secondary N) is 2. The Hall–Kier alpha value is -3.68. The number of morpholine rings is 1. The van der Waals surface area contributed by atoms with Gasteiger partial charge >= 0.3 is 0 Å². The highest BCUT2D eigenvalue weighted by Crippen LogP contribution is 2.39. The van der Waals surface area contributed by atoms with Gasteiger partial charge in [0.2, 0.25) is 15.6 Å². The predicted octanol–water partition coefficient (Wildman–Crippen LogP) is 4.53. The lowest BCUT2D eigenvalue weighted by Gasteiger charge is -2.29. The second-order valence-electron chi connectivity index (χ2n) is 8.89. The Labute approximate surface area is 229 Å². The first-order valence-corrected chi connectivity index (χ1v) is 14.4. The minimum Gasteiger partial charge on any atom is -0.490 e. The first-order valence-electron chi connectivity index (χ1n) is 12.1. The van der Waals surface area contributed by atoms with Gasteiger partial charge in [-0.15, -0.1) is 0 Å². The van der Waals surface area contributed by atoms with Crippen LogP contribution in [0.3, 0.4) is 0 Å². The molecule has 0 atom stereocenters. The summed E-state index contributed by atoms with van der Waals surface area (Å²) >= 11 is 0.985. The summed E-state index contributed by atoms with van der Waals surface area (Å²) in [6.07, 6.45) is 0. The van der Waals surface area contributed by atoms with Gasteiger partial charge in [-0.2, -0.15) is 5.10 Å². The van der Waals surface area contributed by atoms with Crippen molar-refractivity contribution >= 4 is 39.1 Å². The van der Waals surface area contributed by atoms with Crippen LogP contribution in [0.15, 0.2) is 68.4 Å². The molecule has 5 rings (SSSR count). The van der Waals surface area contributed by atoms with Crippen molar-refractivity contribution < 1.29 is 22.3 Å². The third-order valence-electron chi connectivity index (χ3n) is 6.01. The Bertz CT molecular complexity index is 1610. The van der Waals surface area contributed by atoms with Crippen LogP contribution in [0.5, 0.6) is 5.75 Å². The normalized spacial score (nSPS) is 13.9. The minimum absolute atomic E-state index is 0.111. The number of rotatable bonds is 8. The van der Waals surface area contributed by atoms with Crippen molar-refractivity contribution in [3.8, 4) is 5.75 Å². The van der Waals surface area contributed by atoms with Gasteiger partial charge in [0.05, 0.1) is 35.0 Å². The molecule has 2 N–H and O–H groups in total. The Morgan fingerprint density at radius 2 is 1.85 bits per heavy atom. The Morgan fingerprint density at radius 1 is 1.08 bits per heavy atom. The fourth-order valence-electron chi connectivity index (χ4n) is 4.08. The zero-order valence-electron chi connectivity index (χ0n) is 21.6. The van der Waals surface area contributed by atoms with E-state index in [9.17, 15) is 8.42 Å². The molecule has 3 heterocycles. The minimum atomic E-state index is -3.88. The van der Waals surface area contributed by atoms with E-state index in [-0.39, 0.29) is 19.8 Å². The zero-order chi connectivity index (χ0) is 27.6. The van der Waals surface area contributed by atoms with Gasteiger partial charge in [-0.25, -0.2) is 22.8 Å². The number of hydrogen-bond acceptors (Lipinski definition) is 10. The molecule has 0 unspecified atom stereocenters. The van der Waals surface area contributed by atoms with Crippen LogP contribution in [-0.2, 0) is 14.6 Å². The maximum absolute atomic E-state index is 15.3. The van der Waals surface area contributed by atoms with E-state index in [1.54, 1.807) is 25.1 Å². The summed E-state index contributed by atoms with van der Waals surface area (Å²) in [7, 11) is -2.35. The van der Waals surface area contributed by atoms with Crippen molar-refractivity contribution in [3.63, 3.8) is 0 Å². The molecular weight excluding hydrogens is 543 g/mol. The molecule has 2 aromatic heterocycles. The van der Waals surface area contributed by atoms with Gasteiger partial charge in [-0.1, -0.05) is 12.1 Å². The third-order valence-corrected chi connectivity index (χ3v) is 8.67. The maximum Gasteiger partial charge on any atom is 0.206 e. The fraction of sp³-hybridized carbons (Fsp3) is 0.269. The Balaban J connectivity index is 1.50. The van der Waals surface area contributed by atoms with Crippen LogP contribution in [0.1, 0.15) is 11.3 Å². The molecule has 204 valence electrons. The quantitative estimate of drug-likeness (QED) is 0.292. The highest BCUT2D eigenvalue weighted by molar-refractivity contribution is 7.99. The molecule has 0 amide bonds. The number of nitrogens with zero attached hydrogens (tertiary/aromatic N) is 4. The van der Waals surface area contributed by atoms with Crippen molar-refractivity contribution in [3.05, 3.63) is 65.6 Å². The molecule has 1 saturated heterocycles. The maximum atomic E-state index is 15.3. The molecule has 0 aliphatic carbocycles. The second-order valence-corrected chi connectivity index (χ2v) is 11.8. The van der Waals surface area contributed by atoms with Gasteiger partial charge in [0.25, 0.3) is 0 Å². The number of anilines is 3. The van der Waals surface area contributed by atoms with E-state index in [2.05, 4.69) is 25.5 Å². The number of halogens is 1. The van der Waals surface area contributed by atoms with E-state index in [1.165, 1.54) is 25.3 Å². The molecule has 2 aromatic carbocycles. The fourth-order valence-corrected chi connectivity index (χ4v) is 6.21. The molecule has 0 spiro atoms. The molecule has 0 saturated carbocycles. The van der Waals surface area contributed by atoms with Gasteiger partial charge in [-0.3, -0.25) is 5.10 Å². The number of hydrogen-bond donors (Lipinski definition) is 2. The number of H-pyrrole nitrogens is 1. The standard InChI is InChI=1S/C26H27FN6O4S2/c1-16-5-4-6-18(13-16)39(34,35)19-7-8-21(20(27)15-19)38-26-29-24(28-22-14-17(2)31-32-22)23(36-3)25(30-26)33-9-11-37-12-10-33/h4-8,13-15H,9-12H2,1-3H3,(H2,28,29,30,31,32). The smallest absolute Gasteiger partial charge is 0.206 e. The SMILES string of the molecule is COc1c(Nc2cc(C)[nH]n2)nc(Sc2ccc(S(=O)(=O)c3cccc(C)c3)cc2F)nc1N1CCOCC1. The van der Waals surface area contributed by atoms with Crippen molar-refractivity contribution in [2.24, 2.45) is 0 Å². The average Bonchev–Trinajstić information content (AvgIpc) is 3.34. The van der Waals surface area contributed by atoms with Crippen LogP contribution < -0.4 is 15.0 Å². The van der Waals surface area contributed by atoms with Crippen molar-refractivity contribution in [1.82, 2.24) is 20.2 Å². The molecule has 1 aliphatic rings. The van der Waals surface area contributed by atoms with E-state index < -0.39 is 15.7 Å². The summed E-state index contributed by atoms with van der Waals surface area (Å²) in [5, 5.41) is 10.5. The molecule has 13 heteroatoms. The van der Waals surface area contributed by atoms with Gasteiger partial charge in [0, 0.05) is 24.8 Å². The largest absolute Gasteiger partial charge is 0.490 e. The summed E-state index contributed by atoms with van der Waals surface area (Å²) < 4.78 is 52.6. The van der Waals surface area contributed by atoms with E-state index in [1.807, 2.05) is 17.9 Å². The summed E-state index contributed by atoms with van der Waals surface area (Å²) in [4.78, 5) is 11.4. The van der Waals surface area contributed by atoms with Crippen molar-refractivity contribution in [2.75, 3.05) is 43.6 Å². The molecule has 4 aromatic rings. The summed E-state index contributed by atoms with van der Waals surface area (Å²) in [5.74, 6) is 1.15. The highest BCUT2D eigenvalue weighted by atomic mass is 32.2. The lowest BCUT2D eigenvalue weighted by atomic mass is 10.2. The number of aromatic amines is 1. The number of benzene rings is 2. The van der Waals surface area contributed by atoms with Gasteiger partial charge in [-0.05, 0) is 61.5 Å². The molecule has 39 heavy (non-hydrogen) atoms. The lowest BCUT2D eigenvalue weighted by molar-refractivity contribution is 0.122. The molecule has 10 nitrogen and oxygen atoms in total. The third kappa shape index (κ3) is 5.84. The Kier molecular flexibility index (Phi) is 7.73. The van der Waals surface area contributed by atoms with Crippen LogP contribution in [0.4, 0.5) is 21.8 Å². The number of ether oxygens (including phenoxy) is 2. The molecule has 1 aliphatic heterocycles. The predicted molar refractivity (Wildman–Crippen MR) is 145 cm³/mol. The lowest BCUT2D eigenvalue weighted by Crippen LogP contribution is -2.37. The summed E-state index contributed by atoms with van der Waals surface area (Å²) in [6.45, 7) is 5.93. The van der Waals surface area contributed by atoms with Crippen LogP contribution in [0, 0.1) is 19.7 Å². The van der Waals surface area contributed by atoms with Gasteiger partial charge in [0.1, 0.15) is 5.82 Å². The topological polar surface area (TPSA) is 122 Å². The Morgan fingerprint density at radius 3 is 2.51 bits per heavy atom. The van der Waals surface area contributed by atoms with Crippen LogP contribution >= 0.6 is 11.8 Å². The average molecular weight is 571 g/mol.